The molecule has 0 saturated carbocycles. The Balaban J connectivity index is 2.42. The summed E-state index contributed by atoms with van der Waals surface area (Å²) in [6.45, 7) is 0.294. The molecule has 0 spiro atoms. The summed E-state index contributed by atoms with van der Waals surface area (Å²) in [5, 5.41) is 10.8. The summed E-state index contributed by atoms with van der Waals surface area (Å²) in [6.07, 6.45) is 1.65. The number of nitro benzene ring substituents is 1. The first kappa shape index (κ1) is 12.5. The molecule has 0 atom stereocenters. The maximum Gasteiger partial charge on any atom is 0.283 e. The van der Waals surface area contributed by atoms with Gasteiger partial charge in [0.1, 0.15) is 4.47 Å². The number of rotatable bonds is 3. The Morgan fingerprint density at radius 2 is 2.00 bits per heavy atom. The van der Waals surface area contributed by atoms with Crippen molar-refractivity contribution in [2.24, 2.45) is 0 Å². The average Bonchev–Trinajstić information content (AvgIpc) is 2.34. The SMILES string of the molecule is O=c1ccccn1Cc1cccc([N+](=O)[O-])c1Br. The standard InChI is InChI=1S/C12H9BrN2O3/c13-12-9(4-3-5-10(12)15(17)18)8-14-7-2-1-6-11(14)16/h1-7H,8H2. The lowest BCUT2D eigenvalue weighted by Crippen LogP contribution is -2.18. The van der Waals surface area contributed by atoms with Crippen LogP contribution in [0.1, 0.15) is 5.56 Å². The highest BCUT2D eigenvalue weighted by molar-refractivity contribution is 9.10. The van der Waals surface area contributed by atoms with E-state index in [1.54, 1.807) is 30.5 Å². The van der Waals surface area contributed by atoms with Crippen molar-refractivity contribution in [2.45, 2.75) is 6.54 Å². The van der Waals surface area contributed by atoms with E-state index >= 15 is 0 Å². The Hall–Kier alpha value is -1.95. The molecule has 5 nitrogen and oxygen atoms in total. The van der Waals surface area contributed by atoms with Crippen LogP contribution in [-0.2, 0) is 6.54 Å². The highest BCUT2D eigenvalue weighted by Gasteiger charge is 2.14. The second-order valence-corrected chi connectivity index (χ2v) is 4.47. The molecule has 92 valence electrons. The third kappa shape index (κ3) is 2.48. The van der Waals surface area contributed by atoms with Crippen molar-refractivity contribution < 1.29 is 4.92 Å². The molecule has 0 unspecified atom stereocenters. The summed E-state index contributed by atoms with van der Waals surface area (Å²) < 4.78 is 1.90. The molecule has 0 fully saturated rings. The third-order valence-corrected chi connectivity index (χ3v) is 3.41. The van der Waals surface area contributed by atoms with Gasteiger partial charge in [-0.05, 0) is 27.6 Å². The second kappa shape index (κ2) is 5.14. The lowest BCUT2D eigenvalue weighted by Gasteiger charge is -2.07. The van der Waals surface area contributed by atoms with E-state index < -0.39 is 4.92 Å². The Morgan fingerprint density at radius 1 is 1.22 bits per heavy atom. The van der Waals surface area contributed by atoms with Gasteiger partial charge in [-0.2, -0.15) is 0 Å². The lowest BCUT2D eigenvalue weighted by atomic mass is 10.2. The normalized spacial score (nSPS) is 10.3. The van der Waals surface area contributed by atoms with Gasteiger partial charge in [0.25, 0.3) is 11.2 Å². The largest absolute Gasteiger partial charge is 0.311 e. The Bertz CT molecular complexity index is 652. The van der Waals surface area contributed by atoms with E-state index in [2.05, 4.69) is 15.9 Å². The van der Waals surface area contributed by atoms with Crippen molar-refractivity contribution >= 4 is 21.6 Å². The molecular formula is C12H9BrN2O3. The monoisotopic (exact) mass is 308 g/mol. The van der Waals surface area contributed by atoms with Gasteiger partial charge >= 0.3 is 0 Å². The Labute approximate surface area is 111 Å². The first-order valence-electron chi connectivity index (χ1n) is 5.17. The highest BCUT2D eigenvalue weighted by atomic mass is 79.9. The predicted molar refractivity (Wildman–Crippen MR) is 70.6 cm³/mol. The molecule has 0 N–H and O–H groups in total. The summed E-state index contributed by atoms with van der Waals surface area (Å²) in [7, 11) is 0. The minimum atomic E-state index is -0.457. The molecular weight excluding hydrogens is 300 g/mol. The van der Waals surface area contributed by atoms with Crippen LogP contribution in [0.25, 0.3) is 0 Å². The van der Waals surface area contributed by atoms with Crippen molar-refractivity contribution in [3.05, 3.63) is 73.1 Å². The van der Waals surface area contributed by atoms with Gasteiger partial charge in [0.2, 0.25) is 0 Å². The van der Waals surface area contributed by atoms with Crippen LogP contribution in [0, 0.1) is 10.1 Å². The number of aromatic nitrogens is 1. The lowest BCUT2D eigenvalue weighted by molar-refractivity contribution is -0.385. The first-order valence-corrected chi connectivity index (χ1v) is 5.96. The van der Waals surface area contributed by atoms with Gasteiger partial charge in [-0.25, -0.2) is 0 Å². The third-order valence-electron chi connectivity index (χ3n) is 2.49. The second-order valence-electron chi connectivity index (χ2n) is 3.67. The van der Waals surface area contributed by atoms with Crippen LogP contribution in [-0.4, -0.2) is 9.49 Å². The van der Waals surface area contributed by atoms with Crippen molar-refractivity contribution in [1.29, 1.82) is 0 Å². The summed E-state index contributed by atoms with van der Waals surface area (Å²) in [4.78, 5) is 21.9. The molecule has 0 aliphatic heterocycles. The fourth-order valence-corrected chi connectivity index (χ4v) is 2.14. The van der Waals surface area contributed by atoms with Gasteiger partial charge in [0.15, 0.2) is 0 Å². The number of nitrogens with zero attached hydrogens (tertiary/aromatic N) is 2. The van der Waals surface area contributed by atoms with Gasteiger partial charge in [-0.3, -0.25) is 14.9 Å². The Kier molecular flexibility index (Phi) is 3.57. The van der Waals surface area contributed by atoms with E-state index in [9.17, 15) is 14.9 Å². The van der Waals surface area contributed by atoms with Crippen LogP contribution in [0.4, 0.5) is 5.69 Å². The van der Waals surface area contributed by atoms with Gasteiger partial charge in [-0.1, -0.05) is 18.2 Å². The topological polar surface area (TPSA) is 65.1 Å². The van der Waals surface area contributed by atoms with E-state index in [-0.39, 0.29) is 11.2 Å². The van der Waals surface area contributed by atoms with Gasteiger partial charge in [-0.15, -0.1) is 0 Å². The van der Waals surface area contributed by atoms with Crippen molar-refractivity contribution in [3.8, 4) is 0 Å². The van der Waals surface area contributed by atoms with E-state index in [0.29, 0.717) is 16.6 Å². The molecule has 0 bridgehead atoms. The van der Waals surface area contributed by atoms with Crippen LogP contribution >= 0.6 is 15.9 Å². The molecule has 0 aliphatic carbocycles. The first-order chi connectivity index (χ1) is 8.59. The van der Waals surface area contributed by atoms with Gasteiger partial charge < -0.3 is 4.57 Å². The van der Waals surface area contributed by atoms with Crippen LogP contribution in [0.15, 0.2) is 51.9 Å². The van der Waals surface area contributed by atoms with Gasteiger partial charge in [0.05, 0.1) is 11.5 Å². The van der Waals surface area contributed by atoms with Gasteiger partial charge in [0, 0.05) is 18.3 Å². The number of hydrogen-bond donors (Lipinski definition) is 0. The molecule has 0 amide bonds. The van der Waals surface area contributed by atoms with Crippen LogP contribution in [0.3, 0.4) is 0 Å². The number of pyridine rings is 1. The molecule has 0 radical (unpaired) electrons. The molecule has 1 aromatic carbocycles. The highest BCUT2D eigenvalue weighted by Crippen LogP contribution is 2.28. The van der Waals surface area contributed by atoms with E-state index in [4.69, 9.17) is 0 Å². The van der Waals surface area contributed by atoms with Crippen molar-refractivity contribution in [1.82, 2.24) is 4.57 Å². The van der Waals surface area contributed by atoms with Crippen LogP contribution in [0.2, 0.25) is 0 Å². The zero-order valence-corrected chi connectivity index (χ0v) is 10.8. The molecule has 1 aromatic heterocycles. The number of benzene rings is 1. The summed E-state index contributed by atoms with van der Waals surface area (Å²) >= 11 is 3.21. The minimum Gasteiger partial charge on any atom is -0.311 e. The van der Waals surface area contributed by atoms with Crippen molar-refractivity contribution in [2.75, 3.05) is 0 Å². The molecule has 6 heteroatoms. The molecule has 18 heavy (non-hydrogen) atoms. The maximum absolute atomic E-state index is 11.6. The molecule has 0 aliphatic rings. The summed E-state index contributed by atoms with van der Waals surface area (Å²) in [5.74, 6) is 0. The minimum absolute atomic E-state index is 0.00326. The summed E-state index contributed by atoms with van der Waals surface area (Å²) in [5.41, 5.74) is 0.546. The van der Waals surface area contributed by atoms with Crippen LogP contribution < -0.4 is 5.56 Å². The maximum atomic E-state index is 11.6. The van der Waals surface area contributed by atoms with E-state index in [1.165, 1.54) is 16.7 Å². The molecule has 0 saturated heterocycles. The van der Waals surface area contributed by atoms with Crippen LogP contribution in [0.5, 0.6) is 0 Å². The quantitative estimate of drug-likeness (QED) is 0.646. The smallest absolute Gasteiger partial charge is 0.283 e. The molecule has 2 aromatic rings. The predicted octanol–water partition coefficient (Wildman–Crippen LogP) is 2.57. The summed E-state index contributed by atoms with van der Waals surface area (Å²) in [6, 6.07) is 9.61. The molecule has 1 heterocycles. The van der Waals surface area contributed by atoms with E-state index in [0.717, 1.165) is 0 Å². The fraction of sp³-hybridized carbons (Fsp3) is 0.0833. The Morgan fingerprint density at radius 3 is 2.67 bits per heavy atom. The molecule has 2 rings (SSSR count). The van der Waals surface area contributed by atoms with E-state index in [1.807, 2.05) is 0 Å². The number of nitro groups is 1. The number of halogens is 1. The number of hydrogen-bond acceptors (Lipinski definition) is 3. The average molecular weight is 309 g/mol. The fourth-order valence-electron chi connectivity index (χ4n) is 1.60. The van der Waals surface area contributed by atoms with Crippen molar-refractivity contribution in [3.63, 3.8) is 0 Å². The zero-order valence-electron chi connectivity index (χ0n) is 9.25. The zero-order chi connectivity index (χ0) is 13.1.